The van der Waals surface area contributed by atoms with Crippen LogP contribution in [0.5, 0.6) is 0 Å². The number of methoxy groups -OCH3 is 1. The third kappa shape index (κ3) is 2.67. The molecular formula is C12H15N3O. The Bertz CT molecular complexity index is 459. The molecule has 0 saturated carbocycles. The molecule has 4 nitrogen and oxygen atoms in total. The molecule has 4 heteroatoms. The minimum absolute atomic E-state index is 0.758. The van der Waals surface area contributed by atoms with Crippen LogP contribution in [0.1, 0.15) is 6.42 Å². The second-order valence-corrected chi connectivity index (χ2v) is 3.52. The normalized spacial score (nSPS) is 10.6. The van der Waals surface area contributed by atoms with Gasteiger partial charge in [-0.1, -0.05) is 12.1 Å². The molecule has 0 saturated heterocycles. The lowest BCUT2D eigenvalue weighted by molar-refractivity contribution is 0.198. The molecule has 1 aromatic carbocycles. The number of benzene rings is 1. The van der Waals surface area contributed by atoms with E-state index in [0.29, 0.717) is 0 Å². The van der Waals surface area contributed by atoms with E-state index < -0.39 is 0 Å². The minimum Gasteiger partial charge on any atom is -0.385 e. The first-order valence-electron chi connectivity index (χ1n) is 5.35. The molecule has 0 unspecified atom stereocenters. The monoisotopic (exact) mass is 217 g/mol. The summed E-state index contributed by atoms with van der Waals surface area (Å²) in [7, 11) is 1.70. The molecule has 1 heterocycles. The summed E-state index contributed by atoms with van der Waals surface area (Å²) in [5.41, 5.74) is 1.84. The van der Waals surface area contributed by atoms with Crippen LogP contribution in [-0.2, 0) is 4.74 Å². The molecule has 0 radical (unpaired) electrons. The minimum atomic E-state index is 0.758. The molecule has 84 valence electrons. The zero-order valence-electron chi connectivity index (χ0n) is 9.31. The van der Waals surface area contributed by atoms with Gasteiger partial charge in [-0.2, -0.15) is 0 Å². The van der Waals surface area contributed by atoms with E-state index in [4.69, 9.17) is 4.74 Å². The van der Waals surface area contributed by atoms with Crippen molar-refractivity contribution < 1.29 is 4.74 Å². The molecule has 0 spiro atoms. The molecule has 16 heavy (non-hydrogen) atoms. The maximum absolute atomic E-state index is 4.97. The first-order chi connectivity index (χ1) is 7.90. The summed E-state index contributed by atoms with van der Waals surface area (Å²) >= 11 is 0. The summed E-state index contributed by atoms with van der Waals surface area (Å²) in [4.78, 5) is 8.78. The molecule has 1 N–H and O–H groups in total. The number of anilines is 1. The fraction of sp³-hybridized carbons (Fsp3) is 0.333. The van der Waals surface area contributed by atoms with Crippen LogP contribution < -0.4 is 5.32 Å². The van der Waals surface area contributed by atoms with Crippen LogP contribution in [0.25, 0.3) is 11.0 Å². The number of hydrogen-bond donors (Lipinski definition) is 1. The second kappa shape index (κ2) is 5.42. The van der Waals surface area contributed by atoms with Crippen LogP contribution in [0, 0.1) is 0 Å². The zero-order valence-corrected chi connectivity index (χ0v) is 9.31. The van der Waals surface area contributed by atoms with Gasteiger partial charge in [-0.25, -0.2) is 4.98 Å². The van der Waals surface area contributed by atoms with Gasteiger partial charge < -0.3 is 10.1 Å². The predicted octanol–water partition coefficient (Wildman–Crippen LogP) is 2.08. The van der Waals surface area contributed by atoms with Gasteiger partial charge in [0.2, 0.25) is 0 Å². The SMILES string of the molecule is COCCCNc1cnc2ccccc2n1. The number of aromatic nitrogens is 2. The Morgan fingerprint density at radius 2 is 2.06 bits per heavy atom. The van der Waals surface area contributed by atoms with Crippen molar-refractivity contribution in [1.29, 1.82) is 0 Å². The summed E-state index contributed by atoms with van der Waals surface area (Å²) in [6.07, 6.45) is 2.72. The summed E-state index contributed by atoms with van der Waals surface area (Å²) < 4.78 is 4.97. The fourth-order valence-corrected chi connectivity index (χ4v) is 1.48. The maximum atomic E-state index is 4.97. The molecule has 0 amide bonds. The first kappa shape index (κ1) is 10.8. The molecule has 0 aliphatic heterocycles. The summed E-state index contributed by atoms with van der Waals surface area (Å²) in [6, 6.07) is 7.84. The molecule has 2 aromatic rings. The maximum Gasteiger partial charge on any atom is 0.145 e. The van der Waals surface area contributed by atoms with Crippen LogP contribution in [0.3, 0.4) is 0 Å². The van der Waals surface area contributed by atoms with Gasteiger partial charge in [0.1, 0.15) is 5.82 Å². The number of ether oxygens (including phenoxy) is 1. The predicted molar refractivity (Wildman–Crippen MR) is 64.5 cm³/mol. The summed E-state index contributed by atoms with van der Waals surface area (Å²) in [5.74, 6) is 0.815. The smallest absolute Gasteiger partial charge is 0.145 e. The quantitative estimate of drug-likeness (QED) is 0.779. The molecule has 0 bridgehead atoms. The van der Waals surface area contributed by atoms with E-state index >= 15 is 0 Å². The Kier molecular flexibility index (Phi) is 3.66. The van der Waals surface area contributed by atoms with Crippen LogP contribution in [0.15, 0.2) is 30.5 Å². The van der Waals surface area contributed by atoms with E-state index in [2.05, 4.69) is 15.3 Å². The Balaban J connectivity index is 2.02. The van der Waals surface area contributed by atoms with E-state index in [1.807, 2.05) is 24.3 Å². The van der Waals surface area contributed by atoms with Crippen molar-refractivity contribution in [2.24, 2.45) is 0 Å². The number of rotatable bonds is 5. The van der Waals surface area contributed by atoms with Gasteiger partial charge in [0.25, 0.3) is 0 Å². The Morgan fingerprint density at radius 1 is 1.25 bits per heavy atom. The van der Waals surface area contributed by atoms with Crippen molar-refractivity contribution in [3.8, 4) is 0 Å². The number of fused-ring (bicyclic) bond motifs is 1. The van der Waals surface area contributed by atoms with Crippen molar-refractivity contribution in [1.82, 2.24) is 9.97 Å². The van der Waals surface area contributed by atoms with Gasteiger partial charge in [-0.05, 0) is 18.6 Å². The third-order valence-corrected chi connectivity index (χ3v) is 2.28. The van der Waals surface area contributed by atoms with Crippen molar-refractivity contribution >= 4 is 16.9 Å². The van der Waals surface area contributed by atoms with Crippen molar-refractivity contribution in [2.45, 2.75) is 6.42 Å². The highest BCUT2D eigenvalue weighted by atomic mass is 16.5. The molecule has 0 aliphatic rings. The fourth-order valence-electron chi connectivity index (χ4n) is 1.48. The van der Waals surface area contributed by atoms with Crippen LogP contribution in [0.4, 0.5) is 5.82 Å². The summed E-state index contributed by atoms with van der Waals surface area (Å²) in [6.45, 7) is 1.61. The summed E-state index contributed by atoms with van der Waals surface area (Å²) in [5, 5.41) is 3.22. The van der Waals surface area contributed by atoms with Crippen LogP contribution in [0.2, 0.25) is 0 Å². The van der Waals surface area contributed by atoms with Gasteiger partial charge >= 0.3 is 0 Å². The van der Waals surface area contributed by atoms with Gasteiger partial charge in [-0.3, -0.25) is 4.98 Å². The topological polar surface area (TPSA) is 47.0 Å². The molecular weight excluding hydrogens is 202 g/mol. The van der Waals surface area contributed by atoms with E-state index in [-0.39, 0.29) is 0 Å². The molecule has 0 aliphatic carbocycles. The molecule has 0 atom stereocenters. The highest BCUT2D eigenvalue weighted by molar-refractivity contribution is 5.75. The molecule has 0 fully saturated rings. The largest absolute Gasteiger partial charge is 0.385 e. The lowest BCUT2D eigenvalue weighted by atomic mass is 10.3. The first-order valence-corrected chi connectivity index (χ1v) is 5.35. The molecule has 1 aromatic heterocycles. The van der Waals surface area contributed by atoms with Crippen LogP contribution >= 0.6 is 0 Å². The van der Waals surface area contributed by atoms with Crippen LogP contribution in [-0.4, -0.2) is 30.2 Å². The number of nitrogens with zero attached hydrogens (tertiary/aromatic N) is 2. The van der Waals surface area contributed by atoms with Crippen molar-refractivity contribution in [3.05, 3.63) is 30.5 Å². The Labute approximate surface area is 94.7 Å². The van der Waals surface area contributed by atoms with Gasteiger partial charge in [-0.15, -0.1) is 0 Å². The van der Waals surface area contributed by atoms with Crippen molar-refractivity contribution in [3.63, 3.8) is 0 Å². The molecule has 2 rings (SSSR count). The third-order valence-electron chi connectivity index (χ3n) is 2.28. The lowest BCUT2D eigenvalue weighted by Crippen LogP contribution is -2.06. The zero-order chi connectivity index (χ0) is 11.2. The van der Waals surface area contributed by atoms with E-state index in [1.165, 1.54) is 0 Å². The average Bonchev–Trinajstić information content (AvgIpc) is 2.34. The second-order valence-electron chi connectivity index (χ2n) is 3.52. The highest BCUT2D eigenvalue weighted by Gasteiger charge is 1.97. The van der Waals surface area contributed by atoms with E-state index in [0.717, 1.165) is 36.4 Å². The standard InChI is InChI=1S/C12H15N3O/c1-16-8-4-7-13-12-9-14-10-5-2-3-6-11(10)15-12/h2-3,5-6,9H,4,7-8H2,1H3,(H,13,15). The lowest BCUT2D eigenvalue weighted by Gasteiger charge is -2.05. The Morgan fingerprint density at radius 3 is 2.88 bits per heavy atom. The van der Waals surface area contributed by atoms with Crippen molar-refractivity contribution in [2.75, 3.05) is 25.6 Å². The van der Waals surface area contributed by atoms with Gasteiger partial charge in [0.15, 0.2) is 0 Å². The Hall–Kier alpha value is -1.68. The van der Waals surface area contributed by atoms with Gasteiger partial charge in [0.05, 0.1) is 17.2 Å². The number of para-hydroxylation sites is 2. The highest BCUT2D eigenvalue weighted by Crippen LogP contribution is 2.10. The average molecular weight is 217 g/mol. The van der Waals surface area contributed by atoms with Gasteiger partial charge in [0, 0.05) is 20.3 Å². The number of nitrogens with one attached hydrogen (secondary N) is 1. The van der Waals surface area contributed by atoms with E-state index in [1.54, 1.807) is 13.3 Å². The number of hydrogen-bond acceptors (Lipinski definition) is 4. The van der Waals surface area contributed by atoms with E-state index in [9.17, 15) is 0 Å².